The fourth-order valence-corrected chi connectivity index (χ4v) is 4.55. The monoisotopic (exact) mass is 573 g/mol. The molecule has 3 aromatic rings. The van der Waals surface area contributed by atoms with E-state index >= 15 is 0 Å². The minimum atomic E-state index is -0.943. The van der Waals surface area contributed by atoms with Crippen molar-refractivity contribution in [3.63, 3.8) is 0 Å². The van der Waals surface area contributed by atoms with Crippen molar-refractivity contribution in [3.8, 4) is 11.1 Å². The minimum absolute atomic E-state index is 0.0174. The molecule has 4 rings (SSSR count). The van der Waals surface area contributed by atoms with E-state index in [1.165, 1.54) is 30.5 Å². The maximum atomic E-state index is 14.2. The van der Waals surface area contributed by atoms with E-state index in [4.69, 9.17) is 5.73 Å². The van der Waals surface area contributed by atoms with Gasteiger partial charge in [-0.2, -0.15) is 5.10 Å². The highest BCUT2D eigenvalue weighted by atomic mass is 19.1. The van der Waals surface area contributed by atoms with Gasteiger partial charge in [-0.25, -0.2) is 13.2 Å². The number of aromatic nitrogens is 1. The number of benzene rings is 2. The van der Waals surface area contributed by atoms with Crippen LogP contribution in [0.2, 0.25) is 0 Å². The van der Waals surface area contributed by atoms with Gasteiger partial charge in [-0.05, 0) is 72.9 Å². The molecule has 3 N–H and O–H groups in total. The van der Waals surface area contributed by atoms with E-state index in [9.17, 15) is 22.8 Å². The predicted octanol–water partition coefficient (Wildman–Crippen LogP) is 5.42. The van der Waals surface area contributed by atoms with Crippen LogP contribution in [-0.2, 0) is 11.2 Å². The van der Waals surface area contributed by atoms with E-state index in [2.05, 4.69) is 22.0 Å². The van der Waals surface area contributed by atoms with Crippen LogP contribution in [0.15, 0.2) is 95.3 Å². The Hall–Kier alpha value is -4.99. The van der Waals surface area contributed by atoms with Crippen LogP contribution in [0.25, 0.3) is 11.1 Å². The third-order valence-corrected chi connectivity index (χ3v) is 6.75. The van der Waals surface area contributed by atoms with Gasteiger partial charge in [-0.3, -0.25) is 19.6 Å². The van der Waals surface area contributed by atoms with E-state index in [0.717, 1.165) is 23.3 Å². The van der Waals surface area contributed by atoms with Crippen molar-refractivity contribution in [3.05, 3.63) is 124 Å². The zero-order chi connectivity index (χ0) is 30.4. The topological polar surface area (TPSA) is 101 Å². The van der Waals surface area contributed by atoms with Gasteiger partial charge in [0.1, 0.15) is 24.0 Å². The molecule has 1 aliphatic heterocycles. The lowest BCUT2D eigenvalue weighted by Crippen LogP contribution is -2.38. The highest BCUT2D eigenvalue weighted by Gasteiger charge is 2.23. The van der Waals surface area contributed by atoms with Crippen molar-refractivity contribution >= 4 is 18.0 Å². The molecule has 0 saturated heterocycles. The number of allylic oxidation sites excluding steroid dienone is 4. The SMILES string of the molecule is C=C1C=C(C)/C(C)=C\CN(CC(=O)N[C@@H](Cc2cc(F)cc(F)c2)c2ncccc2-c2ccc(F)c(C(N)=O)c2)/N=C\1. The number of nitrogens with one attached hydrogen (secondary N) is 1. The van der Waals surface area contributed by atoms with Gasteiger partial charge in [0.25, 0.3) is 5.91 Å². The van der Waals surface area contributed by atoms with Crippen LogP contribution in [0.3, 0.4) is 0 Å². The van der Waals surface area contributed by atoms with Crippen LogP contribution < -0.4 is 11.1 Å². The molecule has 1 aliphatic rings. The van der Waals surface area contributed by atoms with Crippen molar-refractivity contribution in [1.82, 2.24) is 15.3 Å². The summed E-state index contributed by atoms with van der Waals surface area (Å²) in [5.74, 6) is -3.68. The van der Waals surface area contributed by atoms with Gasteiger partial charge in [0, 0.05) is 17.8 Å². The summed E-state index contributed by atoms with van der Waals surface area (Å²) in [6.07, 6.45) is 6.90. The molecule has 0 radical (unpaired) electrons. The van der Waals surface area contributed by atoms with Crippen LogP contribution >= 0.6 is 0 Å². The third-order valence-electron chi connectivity index (χ3n) is 6.75. The summed E-state index contributed by atoms with van der Waals surface area (Å²) in [5, 5.41) is 8.87. The van der Waals surface area contributed by atoms with Crippen LogP contribution in [0.5, 0.6) is 0 Å². The summed E-state index contributed by atoms with van der Waals surface area (Å²) in [7, 11) is 0. The lowest BCUT2D eigenvalue weighted by atomic mass is 9.94. The average Bonchev–Trinajstić information content (AvgIpc) is 2.98. The van der Waals surface area contributed by atoms with Crippen molar-refractivity contribution in [2.75, 3.05) is 13.1 Å². The highest BCUT2D eigenvalue weighted by molar-refractivity contribution is 5.94. The van der Waals surface area contributed by atoms with E-state index < -0.39 is 35.3 Å². The van der Waals surface area contributed by atoms with Crippen LogP contribution in [0.1, 0.15) is 41.5 Å². The molecule has 7 nitrogen and oxygen atoms in total. The maximum absolute atomic E-state index is 14.2. The third kappa shape index (κ3) is 7.60. The molecule has 2 amide bonds. The second kappa shape index (κ2) is 13.1. The zero-order valence-corrected chi connectivity index (χ0v) is 23.2. The van der Waals surface area contributed by atoms with Crippen molar-refractivity contribution in [2.45, 2.75) is 26.3 Å². The Morgan fingerprint density at radius 3 is 2.52 bits per heavy atom. The Kier molecular flexibility index (Phi) is 9.36. The lowest BCUT2D eigenvalue weighted by molar-refractivity contribution is -0.122. The highest BCUT2D eigenvalue weighted by Crippen LogP contribution is 2.30. The number of hydrazone groups is 1. The lowest BCUT2D eigenvalue weighted by Gasteiger charge is -2.24. The standard InChI is InChI=1S/C32H30F3N5O2/c1-19-11-21(3)20(2)8-10-40(38-17-19)18-30(41)39-29(14-22-12-24(33)16-25(34)13-22)31-26(5-4-9-37-31)23-6-7-28(35)27(15-23)32(36)42/h4-9,11-13,15-17,29H,1,10,14,18H2,2-3H3,(H2,36,42)(H,39,41)/b20-8-,21-11?,38-17-/t29-/m0/s1. The summed E-state index contributed by atoms with van der Waals surface area (Å²) >= 11 is 0. The van der Waals surface area contributed by atoms with Gasteiger partial charge in [0.15, 0.2) is 0 Å². The second-order valence-electron chi connectivity index (χ2n) is 9.98. The molecular formula is C32H30F3N5O2. The number of amides is 2. The molecule has 0 bridgehead atoms. The van der Waals surface area contributed by atoms with E-state index in [1.54, 1.807) is 23.4 Å². The van der Waals surface area contributed by atoms with Crippen molar-refractivity contribution < 1.29 is 22.8 Å². The van der Waals surface area contributed by atoms with Gasteiger partial charge >= 0.3 is 0 Å². The number of carbonyl (C=O) groups is 2. The first kappa shape index (κ1) is 30.0. The molecule has 0 aliphatic carbocycles. The number of halogens is 3. The molecule has 2 heterocycles. The fraction of sp³-hybridized carbons (Fsp3) is 0.188. The summed E-state index contributed by atoms with van der Waals surface area (Å²) in [6, 6.07) is 9.44. The first-order valence-corrected chi connectivity index (χ1v) is 13.1. The van der Waals surface area contributed by atoms with Crippen molar-refractivity contribution in [1.29, 1.82) is 0 Å². The number of pyridine rings is 1. The van der Waals surface area contributed by atoms with Crippen LogP contribution in [-0.4, -0.2) is 41.1 Å². The molecule has 216 valence electrons. The minimum Gasteiger partial charge on any atom is -0.366 e. The predicted molar refractivity (Wildman–Crippen MR) is 156 cm³/mol. The summed E-state index contributed by atoms with van der Waals surface area (Å²) in [6.45, 7) is 8.11. The molecule has 0 unspecified atom stereocenters. The van der Waals surface area contributed by atoms with Gasteiger partial charge in [-0.15, -0.1) is 0 Å². The summed E-state index contributed by atoms with van der Waals surface area (Å²) in [4.78, 5) is 29.7. The Morgan fingerprint density at radius 2 is 1.81 bits per heavy atom. The van der Waals surface area contributed by atoms with Gasteiger partial charge in [0.05, 0.1) is 30.1 Å². The Morgan fingerprint density at radius 1 is 1.07 bits per heavy atom. The molecule has 0 saturated carbocycles. The number of rotatable bonds is 8. The van der Waals surface area contributed by atoms with Gasteiger partial charge in [0.2, 0.25) is 5.91 Å². The first-order chi connectivity index (χ1) is 20.0. The average molecular weight is 574 g/mol. The molecular weight excluding hydrogens is 543 g/mol. The zero-order valence-electron chi connectivity index (χ0n) is 23.2. The number of carbonyl (C=O) groups excluding carboxylic acids is 2. The number of nitrogens with two attached hydrogens (primary N) is 1. The molecule has 10 heteroatoms. The van der Waals surface area contributed by atoms with Crippen molar-refractivity contribution in [2.24, 2.45) is 10.8 Å². The van der Waals surface area contributed by atoms with Gasteiger partial charge in [-0.1, -0.05) is 36.4 Å². The largest absolute Gasteiger partial charge is 0.366 e. The van der Waals surface area contributed by atoms with E-state index in [1.807, 2.05) is 26.0 Å². The van der Waals surface area contributed by atoms with E-state index in [0.29, 0.717) is 28.9 Å². The summed E-state index contributed by atoms with van der Waals surface area (Å²) < 4.78 is 42.4. The fourth-order valence-electron chi connectivity index (χ4n) is 4.55. The van der Waals surface area contributed by atoms with E-state index in [-0.39, 0.29) is 24.1 Å². The Bertz CT molecular complexity index is 1610. The molecule has 2 aromatic carbocycles. The Balaban J connectivity index is 1.69. The molecule has 42 heavy (non-hydrogen) atoms. The Labute approximate surface area is 241 Å². The second-order valence-corrected chi connectivity index (χ2v) is 9.98. The van der Waals surface area contributed by atoms with Crippen LogP contribution in [0.4, 0.5) is 13.2 Å². The van der Waals surface area contributed by atoms with Crippen LogP contribution in [0, 0.1) is 17.5 Å². The normalized spacial score (nSPS) is 16.3. The molecule has 0 fully saturated rings. The first-order valence-electron chi connectivity index (χ1n) is 13.1. The van der Waals surface area contributed by atoms with Gasteiger partial charge < -0.3 is 11.1 Å². The molecule has 0 spiro atoms. The number of nitrogens with zero attached hydrogens (tertiary/aromatic N) is 3. The maximum Gasteiger partial charge on any atom is 0.251 e. The number of hydrogen-bond acceptors (Lipinski definition) is 5. The number of hydrogen-bond donors (Lipinski definition) is 2. The quantitative estimate of drug-likeness (QED) is 0.376. The number of primary amides is 1. The smallest absolute Gasteiger partial charge is 0.251 e. The summed E-state index contributed by atoms with van der Waals surface area (Å²) in [5.41, 5.74) is 9.28. The molecule has 1 aromatic heterocycles. The molecule has 1 atom stereocenters.